The monoisotopic (exact) mass is 344 g/mol. The Labute approximate surface area is 143 Å². The van der Waals surface area contributed by atoms with Crippen LogP contribution in [0.1, 0.15) is 6.92 Å². The number of hydrogen-bond donors (Lipinski definition) is 1. The molecule has 1 N–H and O–H groups in total. The topological polar surface area (TPSA) is 51.2 Å². The minimum Gasteiger partial charge on any atom is -0.479 e. The number of nitrogens with one attached hydrogen (secondary N) is 1. The number of amides is 1. The zero-order valence-electron chi connectivity index (χ0n) is 12.8. The van der Waals surface area contributed by atoms with Gasteiger partial charge >= 0.3 is 0 Å². The predicted molar refractivity (Wildman–Crippen MR) is 91.9 cm³/mol. The van der Waals surface area contributed by atoms with Crippen LogP contribution in [0.3, 0.4) is 0 Å². The van der Waals surface area contributed by atoms with Crippen LogP contribution in [0.5, 0.6) is 5.75 Å². The highest BCUT2D eigenvalue weighted by Gasteiger charge is 2.17. The summed E-state index contributed by atoms with van der Waals surface area (Å²) in [5, 5.41) is 3.76. The van der Waals surface area contributed by atoms with Crippen LogP contribution in [0, 0.1) is 5.82 Å². The van der Waals surface area contributed by atoms with Crippen LogP contribution < -0.4 is 10.1 Å². The van der Waals surface area contributed by atoms with E-state index in [4.69, 9.17) is 16.3 Å². The molecule has 122 valence electrons. The summed E-state index contributed by atoms with van der Waals surface area (Å²) < 4.78 is 18.6. The van der Waals surface area contributed by atoms with Gasteiger partial charge in [0.15, 0.2) is 6.10 Å². The number of ether oxygens (including phenoxy) is 1. The van der Waals surface area contributed by atoms with E-state index in [2.05, 4.69) is 10.3 Å². The quantitative estimate of drug-likeness (QED) is 0.761. The normalized spacial score (nSPS) is 12.0. The second kappa shape index (κ2) is 6.84. The molecule has 1 atom stereocenters. The molecule has 0 spiro atoms. The van der Waals surface area contributed by atoms with Crippen LogP contribution in [0.15, 0.2) is 54.7 Å². The highest BCUT2D eigenvalue weighted by molar-refractivity contribution is 6.32. The minimum absolute atomic E-state index is 0.115. The van der Waals surface area contributed by atoms with Crippen molar-refractivity contribution in [3.63, 3.8) is 0 Å². The molecule has 0 saturated heterocycles. The lowest BCUT2D eigenvalue weighted by molar-refractivity contribution is -0.122. The molecule has 1 amide bonds. The van der Waals surface area contributed by atoms with Gasteiger partial charge < -0.3 is 10.1 Å². The lowest BCUT2D eigenvalue weighted by Crippen LogP contribution is -2.30. The molecule has 3 aromatic rings. The summed E-state index contributed by atoms with van der Waals surface area (Å²) in [6.45, 7) is 1.60. The Bertz CT molecular complexity index is 896. The van der Waals surface area contributed by atoms with Gasteiger partial charge in [0, 0.05) is 11.6 Å². The van der Waals surface area contributed by atoms with Crippen molar-refractivity contribution in [2.24, 2.45) is 0 Å². The Balaban J connectivity index is 1.76. The molecule has 0 bridgehead atoms. The molecule has 0 aliphatic heterocycles. The number of rotatable bonds is 4. The fourth-order valence-electron chi connectivity index (χ4n) is 2.26. The van der Waals surface area contributed by atoms with Gasteiger partial charge in [-0.2, -0.15) is 0 Å². The smallest absolute Gasteiger partial charge is 0.265 e. The fraction of sp³-hybridized carbons (Fsp3) is 0.111. The van der Waals surface area contributed by atoms with Crippen LogP contribution in [0.25, 0.3) is 10.9 Å². The summed E-state index contributed by atoms with van der Waals surface area (Å²) in [6, 6.07) is 12.9. The lowest BCUT2D eigenvalue weighted by Gasteiger charge is -2.16. The summed E-state index contributed by atoms with van der Waals surface area (Å²) >= 11 is 5.91. The summed E-state index contributed by atoms with van der Waals surface area (Å²) in [4.78, 5) is 16.6. The number of carbonyl (C=O) groups excluding carboxylic acids is 1. The zero-order valence-corrected chi connectivity index (χ0v) is 13.5. The van der Waals surface area contributed by atoms with Crippen molar-refractivity contribution >= 4 is 34.1 Å². The Morgan fingerprint density at radius 1 is 1.25 bits per heavy atom. The third-order valence-corrected chi connectivity index (χ3v) is 3.77. The van der Waals surface area contributed by atoms with Gasteiger partial charge in [0.2, 0.25) is 0 Å². The van der Waals surface area contributed by atoms with Gasteiger partial charge in [0.05, 0.1) is 16.2 Å². The number of hydrogen-bond acceptors (Lipinski definition) is 3. The summed E-state index contributed by atoms with van der Waals surface area (Å²) in [5.74, 6) is -0.556. The van der Waals surface area contributed by atoms with Crippen molar-refractivity contribution in [3.8, 4) is 5.75 Å². The summed E-state index contributed by atoms with van der Waals surface area (Å²) in [6.07, 6.45) is 0.885. The van der Waals surface area contributed by atoms with Crippen molar-refractivity contribution in [1.82, 2.24) is 4.98 Å². The molecule has 4 nitrogen and oxygen atoms in total. The molecular weight excluding hydrogens is 331 g/mol. The van der Waals surface area contributed by atoms with E-state index in [0.29, 0.717) is 5.69 Å². The zero-order chi connectivity index (χ0) is 17.1. The highest BCUT2D eigenvalue weighted by Crippen LogP contribution is 2.26. The van der Waals surface area contributed by atoms with E-state index in [9.17, 15) is 9.18 Å². The van der Waals surface area contributed by atoms with E-state index in [1.54, 1.807) is 25.3 Å². The maximum absolute atomic E-state index is 13.1. The van der Waals surface area contributed by atoms with E-state index in [1.165, 1.54) is 12.1 Å². The van der Waals surface area contributed by atoms with Gasteiger partial charge in [0.1, 0.15) is 11.6 Å². The maximum Gasteiger partial charge on any atom is 0.265 e. The van der Waals surface area contributed by atoms with E-state index in [-0.39, 0.29) is 16.7 Å². The van der Waals surface area contributed by atoms with Crippen molar-refractivity contribution in [2.45, 2.75) is 13.0 Å². The van der Waals surface area contributed by atoms with Gasteiger partial charge in [-0.15, -0.1) is 0 Å². The van der Waals surface area contributed by atoms with Gasteiger partial charge in [-0.05, 0) is 49.4 Å². The molecule has 2 aromatic carbocycles. The summed E-state index contributed by atoms with van der Waals surface area (Å²) in [7, 11) is 0. The Kier molecular flexibility index (Phi) is 4.62. The molecule has 0 fully saturated rings. The third kappa shape index (κ3) is 3.46. The average molecular weight is 345 g/mol. The van der Waals surface area contributed by atoms with Gasteiger partial charge in [-0.1, -0.05) is 17.7 Å². The van der Waals surface area contributed by atoms with Crippen molar-refractivity contribution in [1.29, 1.82) is 0 Å². The molecule has 0 radical (unpaired) electrons. The van der Waals surface area contributed by atoms with Gasteiger partial charge in [0.25, 0.3) is 5.91 Å². The van der Waals surface area contributed by atoms with E-state index < -0.39 is 11.9 Å². The number of fused-ring (bicyclic) bond motifs is 1. The number of nitrogens with zero attached hydrogens (tertiary/aromatic N) is 1. The molecule has 1 unspecified atom stereocenters. The maximum atomic E-state index is 13.1. The summed E-state index contributed by atoms with van der Waals surface area (Å²) in [5.41, 5.74) is 1.43. The van der Waals surface area contributed by atoms with Gasteiger partial charge in [-0.25, -0.2) is 4.39 Å². The molecule has 6 heteroatoms. The highest BCUT2D eigenvalue weighted by atomic mass is 35.5. The molecule has 1 heterocycles. The largest absolute Gasteiger partial charge is 0.479 e. The first-order valence-corrected chi connectivity index (χ1v) is 7.69. The Morgan fingerprint density at radius 2 is 2.08 bits per heavy atom. The Hall–Kier alpha value is -2.66. The second-order valence-electron chi connectivity index (χ2n) is 5.20. The molecule has 3 rings (SSSR count). The standard InChI is InChI=1S/C18H14ClFN2O2/c1-11(24-17-8-7-12(20)10-14(17)19)18(23)22-16-6-2-5-15-13(16)4-3-9-21-15/h2-11H,1H3,(H,22,23). The second-order valence-corrected chi connectivity index (χ2v) is 5.61. The average Bonchev–Trinajstić information content (AvgIpc) is 2.57. The number of halogens is 2. The van der Waals surface area contributed by atoms with E-state index in [0.717, 1.165) is 17.0 Å². The lowest BCUT2D eigenvalue weighted by atomic mass is 10.2. The van der Waals surface area contributed by atoms with E-state index >= 15 is 0 Å². The van der Waals surface area contributed by atoms with Gasteiger partial charge in [-0.3, -0.25) is 9.78 Å². The first-order chi connectivity index (χ1) is 11.5. The van der Waals surface area contributed by atoms with Crippen LogP contribution in [0.2, 0.25) is 5.02 Å². The van der Waals surface area contributed by atoms with Crippen LogP contribution in [-0.2, 0) is 4.79 Å². The van der Waals surface area contributed by atoms with Crippen molar-refractivity contribution in [2.75, 3.05) is 5.32 Å². The molecule has 0 aliphatic carbocycles. The number of anilines is 1. The van der Waals surface area contributed by atoms with Crippen LogP contribution in [-0.4, -0.2) is 17.0 Å². The van der Waals surface area contributed by atoms with E-state index in [1.807, 2.05) is 18.2 Å². The molecular formula is C18H14ClFN2O2. The predicted octanol–water partition coefficient (Wildman–Crippen LogP) is 4.43. The number of benzene rings is 2. The van der Waals surface area contributed by atoms with Crippen LogP contribution >= 0.6 is 11.6 Å². The fourth-order valence-corrected chi connectivity index (χ4v) is 2.47. The SMILES string of the molecule is CC(Oc1ccc(F)cc1Cl)C(=O)Nc1cccc2ncccc12. The minimum atomic E-state index is -0.806. The number of carbonyl (C=O) groups is 1. The van der Waals surface area contributed by atoms with Crippen molar-refractivity contribution in [3.05, 3.63) is 65.6 Å². The number of aromatic nitrogens is 1. The molecule has 0 saturated carbocycles. The molecule has 1 aromatic heterocycles. The third-order valence-electron chi connectivity index (χ3n) is 3.47. The molecule has 24 heavy (non-hydrogen) atoms. The first-order valence-electron chi connectivity index (χ1n) is 7.31. The van der Waals surface area contributed by atoms with Crippen molar-refractivity contribution < 1.29 is 13.9 Å². The van der Waals surface area contributed by atoms with Crippen LogP contribution in [0.4, 0.5) is 10.1 Å². The first kappa shape index (κ1) is 16.2. The Morgan fingerprint density at radius 3 is 2.88 bits per heavy atom. The number of pyridine rings is 1. The molecule has 0 aliphatic rings.